The summed E-state index contributed by atoms with van der Waals surface area (Å²) in [7, 11) is 0. The molecule has 19 heavy (non-hydrogen) atoms. The predicted molar refractivity (Wildman–Crippen MR) is 82.9 cm³/mol. The molecule has 0 unspecified atom stereocenters. The molecule has 0 saturated carbocycles. The highest BCUT2D eigenvalue weighted by atomic mass is 32.1. The molecule has 0 heterocycles. The molecule has 1 aromatic carbocycles. The minimum Gasteiger partial charge on any atom is -0.331 e. The first-order valence-electron chi connectivity index (χ1n) is 6.32. The average molecular weight is 279 g/mol. The van der Waals surface area contributed by atoms with E-state index in [-0.39, 0.29) is 5.91 Å². The average Bonchev–Trinajstić information content (AvgIpc) is 2.32. The molecule has 0 aliphatic heterocycles. The van der Waals surface area contributed by atoms with Crippen molar-refractivity contribution < 1.29 is 4.79 Å². The number of aryl methyl sites for hydroxylation is 1. The van der Waals surface area contributed by atoms with E-state index < -0.39 is 0 Å². The summed E-state index contributed by atoms with van der Waals surface area (Å²) in [6, 6.07) is 5.96. The minimum atomic E-state index is -0.0693. The second kappa shape index (κ2) is 7.09. The summed E-state index contributed by atoms with van der Waals surface area (Å²) in [5.74, 6) is 0.252. The molecule has 0 bridgehead atoms. The lowest BCUT2D eigenvalue weighted by molar-refractivity contribution is -0.122. The van der Waals surface area contributed by atoms with E-state index in [1.807, 2.05) is 45.9 Å². The Morgan fingerprint density at radius 1 is 1.26 bits per heavy atom. The van der Waals surface area contributed by atoms with Crippen LogP contribution in [0.25, 0.3) is 0 Å². The van der Waals surface area contributed by atoms with Gasteiger partial charge in [0, 0.05) is 12.1 Å². The topological polar surface area (TPSA) is 53.2 Å². The molecule has 0 fully saturated rings. The number of amides is 1. The molecule has 0 aromatic heterocycles. The lowest BCUT2D eigenvalue weighted by Gasteiger charge is -2.14. The molecular formula is C14H21N3OS. The summed E-state index contributed by atoms with van der Waals surface area (Å²) in [4.78, 5) is 11.5. The van der Waals surface area contributed by atoms with Crippen LogP contribution in [0.3, 0.4) is 0 Å². The maximum atomic E-state index is 11.5. The number of hydrogen-bond donors (Lipinski definition) is 3. The maximum Gasteiger partial charge on any atom is 0.238 e. The highest BCUT2D eigenvalue weighted by Crippen LogP contribution is 2.17. The Morgan fingerprint density at radius 2 is 1.95 bits per heavy atom. The number of hydrazine groups is 1. The van der Waals surface area contributed by atoms with Crippen molar-refractivity contribution in [2.75, 3.05) is 5.32 Å². The van der Waals surface area contributed by atoms with E-state index in [0.29, 0.717) is 17.5 Å². The molecule has 0 aliphatic rings. The van der Waals surface area contributed by atoms with Crippen molar-refractivity contribution in [3.8, 4) is 0 Å². The van der Waals surface area contributed by atoms with Crippen molar-refractivity contribution in [2.24, 2.45) is 5.92 Å². The van der Waals surface area contributed by atoms with Gasteiger partial charge in [-0.25, -0.2) is 0 Å². The molecule has 3 N–H and O–H groups in total. The SMILES string of the molecule is Cc1cccc(NC(=S)NNC(=O)CC(C)C)c1C. The van der Waals surface area contributed by atoms with E-state index in [9.17, 15) is 4.79 Å². The third-order valence-electron chi connectivity index (χ3n) is 2.76. The number of anilines is 1. The van der Waals surface area contributed by atoms with Crippen molar-refractivity contribution in [3.63, 3.8) is 0 Å². The number of carbonyl (C=O) groups excluding carboxylic acids is 1. The maximum absolute atomic E-state index is 11.5. The minimum absolute atomic E-state index is 0.0693. The van der Waals surface area contributed by atoms with Crippen LogP contribution in [0.4, 0.5) is 5.69 Å². The van der Waals surface area contributed by atoms with Crippen LogP contribution < -0.4 is 16.2 Å². The van der Waals surface area contributed by atoms with Crippen LogP contribution >= 0.6 is 12.2 Å². The first-order chi connectivity index (χ1) is 8.90. The van der Waals surface area contributed by atoms with Crippen molar-refractivity contribution in [1.82, 2.24) is 10.9 Å². The first-order valence-corrected chi connectivity index (χ1v) is 6.73. The Hall–Kier alpha value is -1.62. The number of benzene rings is 1. The van der Waals surface area contributed by atoms with Crippen LogP contribution in [0.15, 0.2) is 18.2 Å². The first kappa shape index (κ1) is 15.4. The van der Waals surface area contributed by atoms with Crippen LogP contribution in [-0.4, -0.2) is 11.0 Å². The van der Waals surface area contributed by atoms with Crippen LogP contribution in [0.1, 0.15) is 31.4 Å². The lowest BCUT2D eigenvalue weighted by atomic mass is 10.1. The number of nitrogens with one attached hydrogen (secondary N) is 3. The second-order valence-electron chi connectivity index (χ2n) is 4.97. The van der Waals surface area contributed by atoms with E-state index in [1.54, 1.807) is 0 Å². The Bertz CT molecular complexity index is 472. The standard InChI is InChI=1S/C14H21N3OS/c1-9(2)8-13(18)16-17-14(19)15-12-7-5-6-10(3)11(12)4/h5-7,9H,8H2,1-4H3,(H,16,18)(H2,15,17,19). The molecule has 0 radical (unpaired) electrons. The van der Waals surface area contributed by atoms with Gasteiger partial charge in [0.25, 0.3) is 0 Å². The van der Waals surface area contributed by atoms with Gasteiger partial charge < -0.3 is 5.32 Å². The Labute approximate surface area is 119 Å². The number of rotatable bonds is 3. The van der Waals surface area contributed by atoms with Gasteiger partial charge in [0.1, 0.15) is 0 Å². The van der Waals surface area contributed by atoms with Gasteiger partial charge in [0.05, 0.1) is 0 Å². The number of thiocarbonyl (C=S) groups is 1. The zero-order chi connectivity index (χ0) is 14.4. The Kier molecular flexibility index (Phi) is 5.76. The summed E-state index contributed by atoms with van der Waals surface area (Å²) >= 11 is 5.13. The zero-order valence-electron chi connectivity index (χ0n) is 11.8. The molecule has 0 spiro atoms. The van der Waals surface area contributed by atoms with Gasteiger partial charge >= 0.3 is 0 Å². The molecule has 1 rings (SSSR count). The molecular weight excluding hydrogens is 258 g/mol. The molecule has 1 amide bonds. The van der Waals surface area contributed by atoms with Gasteiger partial charge in [0.15, 0.2) is 5.11 Å². The van der Waals surface area contributed by atoms with Gasteiger partial charge in [-0.15, -0.1) is 0 Å². The fourth-order valence-electron chi connectivity index (χ4n) is 1.59. The fourth-order valence-corrected chi connectivity index (χ4v) is 1.75. The Balaban J connectivity index is 2.48. The van der Waals surface area contributed by atoms with Crippen molar-refractivity contribution in [2.45, 2.75) is 34.1 Å². The molecule has 4 nitrogen and oxygen atoms in total. The molecule has 1 aromatic rings. The van der Waals surface area contributed by atoms with Gasteiger partial charge in [-0.3, -0.25) is 15.6 Å². The van der Waals surface area contributed by atoms with E-state index in [4.69, 9.17) is 12.2 Å². The molecule has 0 saturated heterocycles. The molecule has 0 aliphatic carbocycles. The van der Waals surface area contributed by atoms with E-state index in [2.05, 4.69) is 16.2 Å². The summed E-state index contributed by atoms with van der Waals surface area (Å²) in [5.41, 5.74) is 8.55. The second-order valence-corrected chi connectivity index (χ2v) is 5.38. The van der Waals surface area contributed by atoms with Gasteiger partial charge in [-0.2, -0.15) is 0 Å². The van der Waals surface area contributed by atoms with E-state index in [1.165, 1.54) is 5.56 Å². The van der Waals surface area contributed by atoms with Crippen LogP contribution in [0, 0.1) is 19.8 Å². The predicted octanol–water partition coefficient (Wildman–Crippen LogP) is 2.67. The lowest BCUT2D eigenvalue weighted by Crippen LogP contribution is -2.44. The van der Waals surface area contributed by atoms with Gasteiger partial charge in [-0.05, 0) is 49.2 Å². The Morgan fingerprint density at radius 3 is 2.58 bits per heavy atom. The monoisotopic (exact) mass is 279 g/mol. The normalized spacial score (nSPS) is 10.2. The van der Waals surface area contributed by atoms with Crippen molar-refractivity contribution >= 4 is 28.9 Å². The zero-order valence-corrected chi connectivity index (χ0v) is 12.6. The van der Waals surface area contributed by atoms with Crippen LogP contribution in [0.2, 0.25) is 0 Å². The highest BCUT2D eigenvalue weighted by molar-refractivity contribution is 7.80. The summed E-state index contributed by atoms with van der Waals surface area (Å²) in [6.07, 6.45) is 0.471. The molecule has 0 atom stereocenters. The van der Waals surface area contributed by atoms with Crippen molar-refractivity contribution in [1.29, 1.82) is 0 Å². The quantitative estimate of drug-likeness (QED) is 0.588. The number of carbonyl (C=O) groups is 1. The van der Waals surface area contributed by atoms with Gasteiger partial charge in [0.2, 0.25) is 5.91 Å². The number of hydrogen-bond acceptors (Lipinski definition) is 2. The van der Waals surface area contributed by atoms with E-state index in [0.717, 1.165) is 11.3 Å². The molecule has 104 valence electrons. The van der Waals surface area contributed by atoms with E-state index >= 15 is 0 Å². The van der Waals surface area contributed by atoms with Crippen LogP contribution in [-0.2, 0) is 4.79 Å². The van der Waals surface area contributed by atoms with Crippen molar-refractivity contribution in [3.05, 3.63) is 29.3 Å². The third-order valence-corrected chi connectivity index (χ3v) is 2.97. The summed E-state index contributed by atoms with van der Waals surface area (Å²) < 4.78 is 0. The summed E-state index contributed by atoms with van der Waals surface area (Å²) in [5, 5.41) is 3.45. The fraction of sp³-hybridized carbons (Fsp3) is 0.429. The largest absolute Gasteiger partial charge is 0.331 e. The molecule has 5 heteroatoms. The third kappa shape index (κ3) is 5.26. The highest BCUT2D eigenvalue weighted by Gasteiger charge is 2.06. The van der Waals surface area contributed by atoms with Gasteiger partial charge in [-0.1, -0.05) is 26.0 Å². The van der Waals surface area contributed by atoms with Crippen LogP contribution in [0.5, 0.6) is 0 Å². The summed E-state index contributed by atoms with van der Waals surface area (Å²) in [6.45, 7) is 8.05. The smallest absolute Gasteiger partial charge is 0.238 e.